The number of aliphatic carboxylic acids is 1. The van der Waals surface area contributed by atoms with Gasteiger partial charge in [-0.1, -0.05) is 13.8 Å². The molecule has 0 aliphatic carbocycles. The number of aliphatic hydroxyl groups is 1. The predicted molar refractivity (Wildman–Crippen MR) is 64.1 cm³/mol. The zero-order valence-electron chi connectivity index (χ0n) is 11.3. The molecule has 0 rings (SSSR count). The molecule has 0 aliphatic heterocycles. The summed E-state index contributed by atoms with van der Waals surface area (Å²) >= 11 is 0. The highest BCUT2D eigenvalue weighted by Gasteiger charge is 2.34. The number of carbonyl (C=O) groups is 2. The van der Waals surface area contributed by atoms with E-state index in [2.05, 4.69) is 0 Å². The summed E-state index contributed by atoms with van der Waals surface area (Å²) in [4.78, 5) is 22.9. The topological polar surface area (TPSA) is 89.9 Å². The number of nitrogens with one attached hydrogen (secondary N) is 1. The first kappa shape index (κ1) is 18.5. The average Bonchev–Trinajstić information content (AvgIpc) is 2.24. The molecular formula is C11H19F3N2O4. The molecule has 0 spiro atoms. The smallest absolute Gasteiger partial charge is 0.406 e. The van der Waals surface area contributed by atoms with Crippen molar-refractivity contribution in [3.63, 3.8) is 0 Å². The molecule has 6 nitrogen and oxygen atoms in total. The number of carbonyl (C=O) groups excluding carboxylic acids is 1. The van der Waals surface area contributed by atoms with E-state index >= 15 is 0 Å². The first-order valence-corrected chi connectivity index (χ1v) is 6.02. The number of rotatable bonds is 7. The minimum absolute atomic E-state index is 0.0506. The summed E-state index contributed by atoms with van der Waals surface area (Å²) in [5, 5.41) is 19.6. The molecule has 0 radical (unpaired) electrons. The molecule has 118 valence electrons. The van der Waals surface area contributed by atoms with Gasteiger partial charge in [0.05, 0.1) is 6.61 Å². The molecule has 0 unspecified atom stereocenters. The zero-order valence-corrected chi connectivity index (χ0v) is 11.3. The van der Waals surface area contributed by atoms with Gasteiger partial charge in [0.2, 0.25) is 0 Å². The van der Waals surface area contributed by atoms with Crippen LogP contribution in [0.3, 0.4) is 0 Å². The highest BCUT2D eigenvalue weighted by Crippen LogP contribution is 2.16. The third-order valence-electron chi connectivity index (χ3n) is 2.33. The van der Waals surface area contributed by atoms with Crippen molar-refractivity contribution in [3.05, 3.63) is 0 Å². The largest absolute Gasteiger partial charge is 0.480 e. The summed E-state index contributed by atoms with van der Waals surface area (Å²) in [5.74, 6) is -1.37. The SMILES string of the molecule is CC(C)C[C@@H](NC(=O)N(CCO)CC(F)(F)F)C(=O)O. The lowest BCUT2D eigenvalue weighted by Gasteiger charge is -2.26. The van der Waals surface area contributed by atoms with Crippen LogP contribution in [0.25, 0.3) is 0 Å². The Bertz CT molecular complexity index is 334. The zero-order chi connectivity index (χ0) is 15.9. The minimum atomic E-state index is -4.62. The maximum Gasteiger partial charge on any atom is 0.406 e. The molecule has 0 heterocycles. The second-order valence-electron chi connectivity index (χ2n) is 4.73. The second-order valence-corrected chi connectivity index (χ2v) is 4.73. The summed E-state index contributed by atoms with van der Waals surface area (Å²) in [7, 11) is 0. The highest BCUT2D eigenvalue weighted by molar-refractivity contribution is 5.82. The Hall–Kier alpha value is -1.51. The fourth-order valence-corrected chi connectivity index (χ4v) is 1.52. The molecule has 0 bridgehead atoms. The molecule has 1 atom stereocenters. The quantitative estimate of drug-likeness (QED) is 0.655. The van der Waals surface area contributed by atoms with Gasteiger partial charge in [0, 0.05) is 6.54 Å². The van der Waals surface area contributed by atoms with E-state index in [-0.39, 0.29) is 12.3 Å². The van der Waals surface area contributed by atoms with E-state index in [9.17, 15) is 22.8 Å². The van der Waals surface area contributed by atoms with Crippen LogP contribution in [0.2, 0.25) is 0 Å². The number of carboxylic acid groups (broad SMARTS) is 1. The Morgan fingerprint density at radius 2 is 1.85 bits per heavy atom. The van der Waals surface area contributed by atoms with Crippen molar-refractivity contribution in [3.8, 4) is 0 Å². The van der Waals surface area contributed by atoms with Gasteiger partial charge in [0.25, 0.3) is 0 Å². The van der Waals surface area contributed by atoms with Gasteiger partial charge in [-0.15, -0.1) is 0 Å². The van der Waals surface area contributed by atoms with Crippen molar-refractivity contribution >= 4 is 12.0 Å². The minimum Gasteiger partial charge on any atom is -0.480 e. The van der Waals surface area contributed by atoms with Crippen LogP contribution in [0.4, 0.5) is 18.0 Å². The van der Waals surface area contributed by atoms with Crippen molar-refractivity contribution in [2.75, 3.05) is 19.7 Å². The number of alkyl halides is 3. The van der Waals surface area contributed by atoms with E-state index in [4.69, 9.17) is 10.2 Å². The number of amides is 2. The molecule has 0 aromatic carbocycles. The fraction of sp³-hybridized carbons (Fsp3) is 0.818. The van der Waals surface area contributed by atoms with Gasteiger partial charge < -0.3 is 20.4 Å². The molecule has 9 heteroatoms. The number of halogens is 3. The predicted octanol–water partition coefficient (Wildman–Crippen LogP) is 1.05. The van der Waals surface area contributed by atoms with Gasteiger partial charge in [-0.2, -0.15) is 13.2 Å². The van der Waals surface area contributed by atoms with Crippen molar-refractivity contribution < 1.29 is 33.0 Å². The lowest BCUT2D eigenvalue weighted by molar-refractivity contribution is -0.141. The van der Waals surface area contributed by atoms with Crippen molar-refractivity contribution in [2.45, 2.75) is 32.5 Å². The lowest BCUT2D eigenvalue weighted by Crippen LogP contribution is -2.51. The Labute approximate surface area is 114 Å². The van der Waals surface area contributed by atoms with Gasteiger partial charge >= 0.3 is 18.2 Å². The van der Waals surface area contributed by atoms with Crippen LogP contribution < -0.4 is 5.32 Å². The molecular weight excluding hydrogens is 281 g/mol. The molecule has 0 saturated carbocycles. The van der Waals surface area contributed by atoms with Crippen molar-refractivity contribution in [1.29, 1.82) is 0 Å². The number of nitrogens with zero attached hydrogens (tertiary/aromatic N) is 1. The van der Waals surface area contributed by atoms with E-state index in [1.165, 1.54) is 0 Å². The van der Waals surface area contributed by atoms with Crippen LogP contribution in [-0.2, 0) is 4.79 Å². The lowest BCUT2D eigenvalue weighted by atomic mass is 10.0. The number of carboxylic acids is 1. The number of urea groups is 1. The van der Waals surface area contributed by atoms with E-state index in [0.717, 1.165) is 0 Å². The Balaban J connectivity index is 4.75. The van der Waals surface area contributed by atoms with E-state index in [1.54, 1.807) is 13.8 Å². The fourth-order valence-electron chi connectivity index (χ4n) is 1.52. The first-order valence-electron chi connectivity index (χ1n) is 6.02. The highest BCUT2D eigenvalue weighted by atomic mass is 19.4. The molecule has 0 aromatic heterocycles. The molecule has 0 aromatic rings. The standard InChI is InChI=1S/C11H19F3N2O4/c1-7(2)5-8(9(18)19)15-10(20)16(3-4-17)6-11(12,13)14/h7-8,17H,3-6H2,1-2H3,(H,15,20)(H,18,19)/t8-/m1/s1. The van der Waals surface area contributed by atoms with Crippen LogP contribution in [0.1, 0.15) is 20.3 Å². The van der Waals surface area contributed by atoms with Crippen molar-refractivity contribution in [1.82, 2.24) is 10.2 Å². The summed E-state index contributed by atoms with van der Waals surface area (Å²) in [6.07, 6.45) is -4.52. The van der Waals surface area contributed by atoms with Gasteiger partial charge in [-0.25, -0.2) is 9.59 Å². The molecule has 0 aliphatic rings. The Morgan fingerprint density at radius 1 is 1.30 bits per heavy atom. The van der Waals surface area contributed by atoms with E-state index < -0.39 is 43.9 Å². The third-order valence-corrected chi connectivity index (χ3v) is 2.33. The Kier molecular flexibility index (Phi) is 7.33. The molecule has 3 N–H and O–H groups in total. The number of aliphatic hydroxyl groups excluding tert-OH is 1. The first-order chi connectivity index (χ1) is 9.06. The van der Waals surface area contributed by atoms with Gasteiger partial charge in [-0.05, 0) is 12.3 Å². The van der Waals surface area contributed by atoms with Crippen LogP contribution >= 0.6 is 0 Å². The summed E-state index contributed by atoms with van der Waals surface area (Å²) in [6.45, 7) is 0.727. The molecule has 20 heavy (non-hydrogen) atoms. The van der Waals surface area contributed by atoms with E-state index in [0.29, 0.717) is 4.90 Å². The number of hydrogen-bond acceptors (Lipinski definition) is 3. The van der Waals surface area contributed by atoms with Crippen LogP contribution in [0, 0.1) is 5.92 Å². The van der Waals surface area contributed by atoms with Gasteiger partial charge in [0.15, 0.2) is 0 Å². The monoisotopic (exact) mass is 300 g/mol. The summed E-state index contributed by atoms with van der Waals surface area (Å²) in [5.41, 5.74) is 0. The maximum absolute atomic E-state index is 12.3. The Morgan fingerprint density at radius 3 is 2.20 bits per heavy atom. The molecule has 0 fully saturated rings. The number of hydrogen-bond donors (Lipinski definition) is 3. The van der Waals surface area contributed by atoms with Gasteiger partial charge in [0.1, 0.15) is 12.6 Å². The van der Waals surface area contributed by atoms with Crippen LogP contribution in [0.15, 0.2) is 0 Å². The third kappa shape index (κ3) is 7.82. The summed E-state index contributed by atoms with van der Waals surface area (Å²) in [6, 6.07) is -2.43. The molecule has 2 amide bonds. The maximum atomic E-state index is 12.3. The van der Waals surface area contributed by atoms with Crippen molar-refractivity contribution in [2.24, 2.45) is 5.92 Å². The van der Waals surface area contributed by atoms with Crippen LogP contribution in [-0.4, -0.2) is 59.0 Å². The van der Waals surface area contributed by atoms with E-state index in [1.807, 2.05) is 5.32 Å². The second kappa shape index (κ2) is 7.93. The summed E-state index contributed by atoms with van der Waals surface area (Å²) < 4.78 is 36.8. The van der Waals surface area contributed by atoms with Gasteiger partial charge in [-0.3, -0.25) is 0 Å². The molecule has 0 saturated heterocycles. The normalized spacial score (nSPS) is 13.2. The van der Waals surface area contributed by atoms with Crippen LogP contribution in [0.5, 0.6) is 0 Å². The average molecular weight is 300 g/mol.